The van der Waals surface area contributed by atoms with Crippen LogP contribution in [0.25, 0.3) is 0 Å². The Kier molecular flexibility index (Phi) is 6.41. The zero-order chi connectivity index (χ0) is 12.0. The van der Waals surface area contributed by atoms with Crippen LogP contribution in [0.2, 0.25) is 0 Å². The highest BCUT2D eigenvalue weighted by Crippen LogP contribution is 2.38. The smallest absolute Gasteiger partial charge is 0.0124 e. The number of nitrogens with zero attached hydrogens (tertiary/aromatic N) is 1. The maximum atomic E-state index is 2.74. The molecule has 1 heteroatoms. The maximum absolute atomic E-state index is 2.74. The standard InChI is InChI=1S/C13H25N.C2H6/c1-3-11-7-8-13-12(10-11)6-5-9-14(13)4-2;1-2/h11-13H,3-10H2,1-2H3;1-2H3. The van der Waals surface area contributed by atoms with Crippen molar-refractivity contribution in [1.29, 1.82) is 0 Å². The number of likely N-dealkylation sites (tertiary alicyclic amines) is 1. The summed E-state index contributed by atoms with van der Waals surface area (Å²) in [5.74, 6) is 2.09. The normalized spacial score (nSPS) is 34.9. The second-order valence-corrected chi connectivity index (χ2v) is 5.19. The van der Waals surface area contributed by atoms with E-state index in [0.717, 1.165) is 17.9 Å². The molecule has 2 aliphatic rings. The highest BCUT2D eigenvalue weighted by molar-refractivity contribution is 4.89. The Balaban J connectivity index is 0.000000606. The van der Waals surface area contributed by atoms with E-state index < -0.39 is 0 Å². The van der Waals surface area contributed by atoms with Gasteiger partial charge in [0.25, 0.3) is 0 Å². The molecule has 1 aliphatic heterocycles. The first kappa shape index (κ1) is 14.0. The molecule has 3 unspecified atom stereocenters. The van der Waals surface area contributed by atoms with Gasteiger partial charge in [-0.15, -0.1) is 0 Å². The Morgan fingerprint density at radius 1 is 1.06 bits per heavy atom. The summed E-state index contributed by atoms with van der Waals surface area (Å²) in [7, 11) is 0. The fourth-order valence-corrected chi connectivity index (χ4v) is 3.62. The molecule has 0 spiro atoms. The van der Waals surface area contributed by atoms with Crippen molar-refractivity contribution in [2.45, 2.75) is 72.3 Å². The summed E-state index contributed by atoms with van der Waals surface area (Å²) < 4.78 is 0. The van der Waals surface area contributed by atoms with Crippen LogP contribution in [0.5, 0.6) is 0 Å². The van der Waals surface area contributed by atoms with Crippen LogP contribution in [0.3, 0.4) is 0 Å². The Morgan fingerprint density at radius 2 is 1.81 bits per heavy atom. The molecule has 16 heavy (non-hydrogen) atoms. The first-order valence-corrected chi connectivity index (χ1v) is 7.59. The number of hydrogen-bond donors (Lipinski definition) is 0. The Labute approximate surface area is 103 Å². The topological polar surface area (TPSA) is 3.24 Å². The molecule has 0 amide bonds. The van der Waals surface area contributed by atoms with Gasteiger partial charge in [-0.3, -0.25) is 0 Å². The molecule has 0 aromatic rings. The van der Waals surface area contributed by atoms with E-state index >= 15 is 0 Å². The highest BCUT2D eigenvalue weighted by atomic mass is 15.2. The van der Waals surface area contributed by atoms with Crippen molar-refractivity contribution in [2.24, 2.45) is 11.8 Å². The SMILES string of the molecule is CC.CCC1CCC2C(CCCN2CC)C1. The van der Waals surface area contributed by atoms with Crippen LogP contribution >= 0.6 is 0 Å². The molecule has 0 aromatic carbocycles. The molecule has 1 nitrogen and oxygen atoms in total. The van der Waals surface area contributed by atoms with Gasteiger partial charge in [-0.05, 0) is 57.0 Å². The van der Waals surface area contributed by atoms with Crippen molar-refractivity contribution in [3.8, 4) is 0 Å². The summed E-state index contributed by atoms with van der Waals surface area (Å²) >= 11 is 0. The molecule has 1 saturated carbocycles. The third-order valence-corrected chi connectivity index (χ3v) is 4.52. The summed E-state index contributed by atoms with van der Waals surface area (Å²) in [6, 6.07) is 0.955. The van der Waals surface area contributed by atoms with Crippen molar-refractivity contribution in [2.75, 3.05) is 13.1 Å². The third-order valence-electron chi connectivity index (χ3n) is 4.52. The minimum Gasteiger partial charge on any atom is -0.300 e. The van der Waals surface area contributed by atoms with Crippen LogP contribution in [0, 0.1) is 11.8 Å². The van der Waals surface area contributed by atoms with Gasteiger partial charge in [0, 0.05) is 6.04 Å². The maximum Gasteiger partial charge on any atom is 0.0124 e. The van der Waals surface area contributed by atoms with Gasteiger partial charge < -0.3 is 4.90 Å². The van der Waals surface area contributed by atoms with Crippen molar-refractivity contribution in [3.63, 3.8) is 0 Å². The molecule has 0 bridgehead atoms. The molecule has 3 atom stereocenters. The fraction of sp³-hybridized carbons (Fsp3) is 1.00. The number of rotatable bonds is 2. The second-order valence-electron chi connectivity index (χ2n) is 5.19. The third kappa shape index (κ3) is 3.23. The lowest BCUT2D eigenvalue weighted by molar-refractivity contribution is 0.0452. The molecule has 0 radical (unpaired) electrons. The number of hydrogen-bond acceptors (Lipinski definition) is 1. The van der Waals surface area contributed by atoms with E-state index in [4.69, 9.17) is 0 Å². The molecule has 2 rings (SSSR count). The van der Waals surface area contributed by atoms with Crippen LogP contribution in [-0.4, -0.2) is 24.0 Å². The van der Waals surface area contributed by atoms with Crippen LogP contribution in [0.4, 0.5) is 0 Å². The van der Waals surface area contributed by atoms with E-state index in [1.54, 1.807) is 0 Å². The summed E-state index contributed by atoms with van der Waals surface area (Å²) in [5, 5.41) is 0. The predicted molar refractivity (Wildman–Crippen MR) is 72.7 cm³/mol. The van der Waals surface area contributed by atoms with Gasteiger partial charge in [0.1, 0.15) is 0 Å². The zero-order valence-corrected chi connectivity index (χ0v) is 11.8. The minimum absolute atomic E-state index is 0.955. The van der Waals surface area contributed by atoms with Gasteiger partial charge in [0.05, 0.1) is 0 Å². The van der Waals surface area contributed by atoms with Crippen molar-refractivity contribution in [1.82, 2.24) is 4.90 Å². The lowest BCUT2D eigenvalue weighted by Crippen LogP contribution is -2.47. The van der Waals surface area contributed by atoms with Gasteiger partial charge in [0.2, 0.25) is 0 Å². The van der Waals surface area contributed by atoms with E-state index in [1.807, 2.05) is 13.8 Å². The first-order chi connectivity index (χ1) is 7.85. The molecule has 96 valence electrons. The monoisotopic (exact) mass is 225 g/mol. The van der Waals surface area contributed by atoms with Crippen molar-refractivity contribution in [3.05, 3.63) is 0 Å². The van der Waals surface area contributed by atoms with Crippen LogP contribution < -0.4 is 0 Å². The summed E-state index contributed by atoms with van der Waals surface area (Å²) in [6.45, 7) is 11.3. The Bertz CT molecular complexity index is 178. The van der Waals surface area contributed by atoms with Crippen LogP contribution in [-0.2, 0) is 0 Å². The lowest BCUT2D eigenvalue weighted by atomic mass is 9.73. The molecule has 1 saturated heterocycles. The Hall–Kier alpha value is -0.0400. The predicted octanol–water partition coefficient (Wildman–Crippen LogP) is 4.32. The summed E-state index contributed by atoms with van der Waals surface area (Å²) in [4.78, 5) is 2.74. The van der Waals surface area contributed by atoms with Crippen molar-refractivity contribution < 1.29 is 0 Å². The highest BCUT2D eigenvalue weighted by Gasteiger charge is 2.35. The molecule has 0 N–H and O–H groups in total. The number of piperidine rings is 1. The summed E-state index contributed by atoms with van der Waals surface area (Å²) in [5.41, 5.74) is 0. The molecular weight excluding hydrogens is 194 g/mol. The van der Waals surface area contributed by atoms with Gasteiger partial charge in [-0.2, -0.15) is 0 Å². The lowest BCUT2D eigenvalue weighted by Gasteiger charge is -2.46. The van der Waals surface area contributed by atoms with Crippen LogP contribution in [0.1, 0.15) is 66.2 Å². The molecule has 1 aliphatic carbocycles. The van der Waals surface area contributed by atoms with E-state index in [1.165, 1.54) is 51.6 Å². The van der Waals surface area contributed by atoms with E-state index in [2.05, 4.69) is 18.7 Å². The van der Waals surface area contributed by atoms with Crippen molar-refractivity contribution >= 4 is 0 Å². The van der Waals surface area contributed by atoms with Gasteiger partial charge >= 0.3 is 0 Å². The van der Waals surface area contributed by atoms with Gasteiger partial charge in [0.15, 0.2) is 0 Å². The van der Waals surface area contributed by atoms with E-state index in [0.29, 0.717) is 0 Å². The second kappa shape index (κ2) is 7.32. The van der Waals surface area contributed by atoms with E-state index in [9.17, 15) is 0 Å². The molecule has 2 fully saturated rings. The van der Waals surface area contributed by atoms with E-state index in [-0.39, 0.29) is 0 Å². The van der Waals surface area contributed by atoms with Gasteiger partial charge in [-0.25, -0.2) is 0 Å². The first-order valence-electron chi connectivity index (χ1n) is 7.59. The molecule has 0 aromatic heterocycles. The largest absolute Gasteiger partial charge is 0.300 e. The van der Waals surface area contributed by atoms with Gasteiger partial charge in [-0.1, -0.05) is 34.1 Å². The average molecular weight is 225 g/mol. The molecular formula is C15H31N. The number of fused-ring (bicyclic) bond motifs is 1. The average Bonchev–Trinajstić information content (AvgIpc) is 2.39. The minimum atomic E-state index is 0.955. The zero-order valence-electron chi connectivity index (χ0n) is 11.8. The fourth-order valence-electron chi connectivity index (χ4n) is 3.62. The molecule has 1 heterocycles. The Morgan fingerprint density at radius 3 is 2.44 bits per heavy atom. The quantitative estimate of drug-likeness (QED) is 0.676. The summed E-state index contributed by atoms with van der Waals surface area (Å²) in [6.07, 6.45) is 8.88. The van der Waals surface area contributed by atoms with Crippen LogP contribution in [0.15, 0.2) is 0 Å².